The summed E-state index contributed by atoms with van der Waals surface area (Å²) in [5.74, 6) is 0.871. The van der Waals surface area contributed by atoms with Gasteiger partial charge in [0.2, 0.25) is 0 Å². The molecular weight excluding hydrogens is 218 g/mol. The third-order valence-corrected chi connectivity index (χ3v) is 3.10. The molecule has 0 amide bonds. The van der Waals surface area contributed by atoms with Gasteiger partial charge >= 0.3 is 0 Å². The van der Waals surface area contributed by atoms with Crippen molar-refractivity contribution < 1.29 is 0 Å². The van der Waals surface area contributed by atoms with Crippen molar-refractivity contribution in [1.82, 2.24) is 15.3 Å². The van der Waals surface area contributed by atoms with E-state index in [4.69, 9.17) is 0 Å². The molecule has 0 aliphatic carbocycles. The Hall–Kier alpha value is -1.26. The molecule has 2 heterocycles. The van der Waals surface area contributed by atoms with Crippen LogP contribution in [0, 0.1) is 0 Å². The smallest absolute Gasteiger partial charge is 0.145 e. The maximum Gasteiger partial charge on any atom is 0.145 e. The maximum atomic E-state index is 4.31. The third-order valence-electron chi connectivity index (χ3n) is 2.37. The Morgan fingerprint density at radius 1 is 1.38 bits per heavy atom. The van der Waals surface area contributed by atoms with Crippen LogP contribution >= 0.6 is 11.3 Å². The van der Waals surface area contributed by atoms with Crippen molar-refractivity contribution in [1.29, 1.82) is 0 Å². The van der Waals surface area contributed by atoms with Crippen LogP contribution in [0.15, 0.2) is 35.3 Å². The Balaban J connectivity index is 2.11. The molecule has 2 aromatic rings. The fourth-order valence-electron chi connectivity index (χ4n) is 1.64. The van der Waals surface area contributed by atoms with Crippen LogP contribution in [0.5, 0.6) is 0 Å². The van der Waals surface area contributed by atoms with Gasteiger partial charge in [-0.2, -0.15) is 11.3 Å². The summed E-state index contributed by atoms with van der Waals surface area (Å²) in [6, 6.07) is 4.20. The molecule has 0 aliphatic rings. The van der Waals surface area contributed by atoms with Gasteiger partial charge in [-0.1, -0.05) is 6.92 Å². The number of rotatable bonds is 5. The van der Waals surface area contributed by atoms with Gasteiger partial charge in [-0.25, -0.2) is 9.97 Å². The number of aromatic nitrogens is 2. The fraction of sp³-hybridized carbons (Fsp3) is 0.333. The molecule has 0 radical (unpaired) electrons. The molecule has 0 saturated heterocycles. The number of hydrogen-bond acceptors (Lipinski definition) is 4. The monoisotopic (exact) mass is 233 g/mol. The van der Waals surface area contributed by atoms with Gasteiger partial charge in [0.25, 0.3) is 0 Å². The van der Waals surface area contributed by atoms with E-state index in [1.165, 1.54) is 5.56 Å². The molecule has 0 aromatic carbocycles. The SMILES string of the molecule is CCNC(Cc1ccsc1)c1ncccn1. The molecule has 0 saturated carbocycles. The highest BCUT2D eigenvalue weighted by Gasteiger charge is 2.13. The lowest BCUT2D eigenvalue weighted by atomic mass is 10.1. The summed E-state index contributed by atoms with van der Waals surface area (Å²) >= 11 is 1.73. The van der Waals surface area contributed by atoms with Crippen molar-refractivity contribution >= 4 is 11.3 Å². The van der Waals surface area contributed by atoms with Crippen molar-refractivity contribution in [2.75, 3.05) is 6.54 Å². The highest BCUT2D eigenvalue weighted by molar-refractivity contribution is 7.07. The quantitative estimate of drug-likeness (QED) is 0.862. The van der Waals surface area contributed by atoms with Crippen molar-refractivity contribution in [3.05, 3.63) is 46.7 Å². The molecule has 0 bridgehead atoms. The van der Waals surface area contributed by atoms with Gasteiger partial charge in [0.1, 0.15) is 5.82 Å². The van der Waals surface area contributed by atoms with Crippen molar-refractivity contribution in [2.45, 2.75) is 19.4 Å². The predicted octanol–water partition coefficient (Wildman–Crippen LogP) is 2.43. The molecule has 0 fully saturated rings. The highest BCUT2D eigenvalue weighted by atomic mass is 32.1. The summed E-state index contributed by atoms with van der Waals surface area (Å²) in [5.41, 5.74) is 1.34. The summed E-state index contributed by atoms with van der Waals surface area (Å²) in [4.78, 5) is 8.62. The number of likely N-dealkylation sites (N-methyl/N-ethyl adjacent to an activating group) is 1. The third kappa shape index (κ3) is 2.87. The zero-order valence-electron chi connectivity index (χ0n) is 9.26. The first-order valence-corrected chi connectivity index (χ1v) is 6.35. The molecule has 0 spiro atoms. The zero-order valence-corrected chi connectivity index (χ0v) is 10.1. The summed E-state index contributed by atoms with van der Waals surface area (Å²) in [5, 5.41) is 7.69. The molecule has 84 valence electrons. The Morgan fingerprint density at radius 3 is 2.81 bits per heavy atom. The van der Waals surface area contributed by atoms with Crippen molar-refractivity contribution in [2.24, 2.45) is 0 Å². The normalized spacial score (nSPS) is 12.6. The summed E-state index contributed by atoms with van der Waals surface area (Å²) < 4.78 is 0. The van der Waals surface area contributed by atoms with E-state index in [1.807, 2.05) is 6.07 Å². The van der Waals surface area contributed by atoms with E-state index in [0.29, 0.717) is 0 Å². The van der Waals surface area contributed by atoms with E-state index in [9.17, 15) is 0 Å². The first kappa shape index (κ1) is 11.2. The fourth-order valence-corrected chi connectivity index (χ4v) is 2.32. The van der Waals surface area contributed by atoms with Gasteiger partial charge in [0, 0.05) is 12.4 Å². The predicted molar refractivity (Wildman–Crippen MR) is 66.5 cm³/mol. The van der Waals surface area contributed by atoms with E-state index in [0.717, 1.165) is 18.8 Å². The lowest BCUT2D eigenvalue weighted by Crippen LogP contribution is -2.24. The minimum absolute atomic E-state index is 0.209. The maximum absolute atomic E-state index is 4.31. The average molecular weight is 233 g/mol. The molecule has 1 unspecified atom stereocenters. The lowest BCUT2D eigenvalue weighted by molar-refractivity contribution is 0.522. The van der Waals surface area contributed by atoms with E-state index < -0.39 is 0 Å². The standard InChI is InChI=1S/C12H15N3S/c1-2-13-11(8-10-4-7-16-9-10)12-14-5-3-6-15-12/h3-7,9,11,13H,2,8H2,1H3. The summed E-state index contributed by atoms with van der Waals surface area (Å²) in [7, 11) is 0. The zero-order chi connectivity index (χ0) is 11.2. The number of hydrogen-bond donors (Lipinski definition) is 1. The van der Waals surface area contributed by atoms with E-state index in [-0.39, 0.29) is 6.04 Å². The van der Waals surface area contributed by atoms with Crippen LogP contribution in [0.2, 0.25) is 0 Å². The van der Waals surface area contributed by atoms with Crippen LogP contribution < -0.4 is 5.32 Å². The molecule has 0 aliphatic heterocycles. The molecular formula is C12H15N3S. The van der Waals surface area contributed by atoms with Gasteiger partial charge in [0.15, 0.2) is 0 Å². The Kier molecular flexibility index (Phi) is 4.02. The van der Waals surface area contributed by atoms with Crippen molar-refractivity contribution in [3.8, 4) is 0 Å². The molecule has 3 nitrogen and oxygen atoms in total. The molecule has 16 heavy (non-hydrogen) atoms. The summed E-state index contributed by atoms with van der Waals surface area (Å²) in [6.07, 6.45) is 4.53. The number of nitrogens with zero attached hydrogens (tertiary/aromatic N) is 2. The van der Waals surface area contributed by atoms with E-state index >= 15 is 0 Å². The first-order chi connectivity index (χ1) is 7.90. The van der Waals surface area contributed by atoms with E-state index in [1.54, 1.807) is 23.7 Å². The summed E-state index contributed by atoms with van der Waals surface area (Å²) in [6.45, 7) is 3.02. The Morgan fingerprint density at radius 2 is 2.19 bits per heavy atom. The van der Waals surface area contributed by atoms with Gasteiger partial charge in [-0.05, 0) is 41.4 Å². The Labute approximate surface area is 99.6 Å². The van der Waals surface area contributed by atoms with Gasteiger partial charge in [0.05, 0.1) is 6.04 Å². The largest absolute Gasteiger partial charge is 0.307 e. The van der Waals surface area contributed by atoms with Crippen LogP contribution in [0.1, 0.15) is 24.4 Å². The first-order valence-electron chi connectivity index (χ1n) is 5.41. The second kappa shape index (κ2) is 5.72. The van der Waals surface area contributed by atoms with Gasteiger partial charge in [-0.15, -0.1) is 0 Å². The van der Waals surface area contributed by atoms with Crippen LogP contribution in [-0.2, 0) is 6.42 Å². The second-order valence-electron chi connectivity index (χ2n) is 3.55. The number of thiophene rings is 1. The van der Waals surface area contributed by atoms with Crippen molar-refractivity contribution in [3.63, 3.8) is 0 Å². The minimum atomic E-state index is 0.209. The van der Waals surface area contributed by atoms with Crippen LogP contribution in [0.4, 0.5) is 0 Å². The molecule has 4 heteroatoms. The average Bonchev–Trinajstić information content (AvgIpc) is 2.83. The van der Waals surface area contributed by atoms with Crippen LogP contribution in [-0.4, -0.2) is 16.5 Å². The molecule has 1 atom stereocenters. The minimum Gasteiger partial charge on any atom is -0.307 e. The van der Waals surface area contributed by atoms with E-state index in [2.05, 4.69) is 39.0 Å². The number of nitrogens with one attached hydrogen (secondary N) is 1. The Bertz CT molecular complexity index is 399. The molecule has 2 aromatic heterocycles. The van der Waals surface area contributed by atoms with Crippen LogP contribution in [0.3, 0.4) is 0 Å². The second-order valence-corrected chi connectivity index (χ2v) is 4.33. The molecule has 2 rings (SSSR count). The highest BCUT2D eigenvalue weighted by Crippen LogP contribution is 2.16. The topological polar surface area (TPSA) is 37.8 Å². The van der Waals surface area contributed by atoms with Gasteiger partial charge in [-0.3, -0.25) is 0 Å². The lowest BCUT2D eigenvalue weighted by Gasteiger charge is -2.15. The van der Waals surface area contributed by atoms with Crippen LogP contribution in [0.25, 0.3) is 0 Å². The molecule has 1 N–H and O–H groups in total. The van der Waals surface area contributed by atoms with Gasteiger partial charge < -0.3 is 5.32 Å².